The third-order valence-corrected chi connectivity index (χ3v) is 4.01. The van der Waals surface area contributed by atoms with Crippen LogP contribution in [-0.4, -0.2) is 32.2 Å². The first-order valence-electron chi connectivity index (χ1n) is 8.80. The molecule has 0 aliphatic carbocycles. The van der Waals surface area contributed by atoms with Gasteiger partial charge in [0.2, 0.25) is 0 Å². The van der Waals surface area contributed by atoms with Crippen LogP contribution in [0.5, 0.6) is 11.5 Å². The molecule has 0 aliphatic heterocycles. The van der Waals surface area contributed by atoms with Crippen LogP contribution in [0.3, 0.4) is 0 Å². The van der Waals surface area contributed by atoms with Gasteiger partial charge in [0, 0.05) is 11.6 Å². The molecule has 1 N–H and O–H groups in total. The molecule has 2 aromatic rings. The molecule has 0 saturated heterocycles. The molecular weight excluding hydrogens is 408 g/mol. The quantitative estimate of drug-likeness (QED) is 0.610. The summed E-state index contributed by atoms with van der Waals surface area (Å²) in [7, 11) is 1.06. The molecule has 1 amide bonds. The van der Waals surface area contributed by atoms with Gasteiger partial charge < -0.3 is 19.5 Å². The Bertz CT molecular complexity index is 920. The smallest absolute Gasteiger partial charge is 0.340 e. The van der Waals surface area contributed by atoms with E-state index in [4.69, 9.17) is 21.1 Å². The number of halogens is 3. The SMILES string of the molecule is CCCOc1c(Cl)cc(C(=O)Nc2cc(C(=O)OC)c(F)cc2F)cc1OCC. The second-order valence-corrected chi connectivity index (χ2v) is 6.23. The Morgan fingerprint density at radius 3 is 2.41 bits per heavy atom. The summed E-state index contributed by atoms with van der Waals surface area (Å²) in [5.74, 6) is -3.34. The molecule has 29 heavy (non-hydrogen) atoms. The average molecular weight is 428 g/mol. The Hall–Kier alpha value is -2.87. The van der Waals surface area contributed by atoms with Gasteiger partial charge in [-0.05, 0) is 31.5 Å². The summed E-state index contributed by atoms with van der Waals surface area (Å²) in [6, 6.07) is 4.09. The standard InChI is InChI=1S/C20H20ClF2NO5/c1-4-6-29-18-13(21)7-11(8-17(18)28-5-2)19(25)24-16-9-12(20(26)27-3)14(22)10-15(16)23/h7-10H,4-6H2,1-3H3,(H,24,25). The van der Waals surface area contributed by atoms with Crippen LogP contribution in [0.25, 0.3) is 0 Å². The van der Waals surface area contributed by atoms with Crippen molar-refractivity contribution in [2.45, 2.75) is 20.3 Å². The van der Waals surface area contributed by atoms with Crippen molar-refractivity contribution in [3.05, 3.63) is 52.0 Å². The van der Waals surface area contributed by atoms with Gasteiger partial charge in [0.1, 0.15) is 11.6 Å². The van der Waals surface area contributed by atoms with Gasteiger partial charge in [-0.15, -0.1) is 0 Å². The molecule has 156 valence electrons. The van der Waals surface area contributed by atoms with Crippen molar-refractivity contribution in [1.82, 2.24) is 0 Å². The normalized spacial score (nSPS) is 10.4. The molecule has 0 saturated carbocycles. The molecule has 2 aromatic carbocycles. The average Bonchev–Trinajstić information content (AvgIpc) is 2.68. The number of amides is 1. The van der Waals surface area contributed by atoms with Crippen LogP contribution < -0.4 is 14.8 Å². The largest absolute Gasteiger partial charge is 0.490 e. The Morgan fingerprint density at radius 2 is 1.79 bits per heavy atom. The number of hydrogen-bond acceptors (Lipinski definition) is 5. The number of carbonyl (C=O) groups is 2. The van der Waals surface area contributed by atoms with Crippen LogP contribution in [0.2, 0.25) is 5.02 Å². The molecule has 0 radical (unpaired) electrons. The van der Waals surface area contributed by atoms with Crippen molar-refractivity contribution in [3.63, 3.8) is 0 Å². The number of nitrogens with one attached hydrogen (secondary N) is 1. The highest BCUT2D eigenvalue weighted by molar-refractivity contribution is 6.32. The zero-order chi connectivity index (χ0) is 21.6. The number of rotatable bonds is 8. The molecule has 9 heteroatoms. The van der Waals surface area contributed by atoms with Crippen molar-refractivity contribution in [1.29, 1.82) is 0 Å². The number of benzene rings is 2. The van der Waals surface area contributed by atoms with Gasteiger partial charge in [0.25, 0.3) is 5.91 Å². The maximum absolute atomic E-state index is 14.1. The van der Waals surface area contributed by atoms with Crippen molar-refractivity contribution in [3.8, 4) is 11.5 Å². The van der Waals surface area contributed by atoms with Gasteiger partial charge in [0.05, 0.1) is 36.6 Å². The van der Waals surface area contributed by atoms with E-state index in [2.05, 4.69) is 10.1 Å². The van der Waals surface area contributed by atoms with E-state index in [1.807, 2.05) is 6.92 Å². The topological polar surface area (TPSA) is 73.9 Å². The van der Waals surface area contributed by atoms with Gasteiger partial charge in [-0.3, -0.25) is 4.79 Å². The molecule has 0 bridgehead atoms. The Labute approximate surface area is 171 Å². The lowest BCUT2D eigenvalue weighted by atomic mass is 10.1. The summed E-state index contributed by atoms with van der Waals surface area (Å²) in [5, 5.41) is 2.43. The van der Waals surface area contributed by atoms with Gasteiger partial charge in [0.15, 0.2) is 11.5 Å². The minimum atomic E-state index is -1.11. The van der Waals surface area contributed by atoms with Gasteiger partial charge in [-0.1, -0.05) is 18.5 Å². The lowest BCUT2D eigenvalue weighted by Gasteiger charge is -2.15. The van der Waals surface area contributed by atoms with Crippen LogP contribution in [-0.2, 0) is 4.74 Å². The van der Waals surface area contributed by atoms with E-state index in [-0.39, 0.29) is 16.3 Å². The first-order valence-corrected chi connectivity index (χ1v) is 9.17. The summed E-state index contributed by atoms with van der Waals surface area (Å²) in [6.07, 6.45) is 0.747. The van der Waals surface area contributed by atoms with Crippen LogP contribution in [0, 0.1) is 11.6 Å². The molecule has 2 rings (SSSR count). The van der Waals surface area contributed by atoms with Crippen molar-refractivity contribution in [2.75, 3.05) is 25.6 Å². The fourth-order valence-corrected chi connectivity index (χ4v) is 2.68. The summed E-state index contributed by atoms with van der Waals surface area (Å²) in [5.41, 5.74) is -0.844. The maximum Gasteiger partial charge on any atom is 0.340 e. The number of esters is 1. The number of carbonyl (C=O) groups excluding carboxylic acids is 2. The van der Waals surface area contributed by atoms with Crippen molar-refractivity contribution in [2.24, 2.45) is 0 Å². The van der Waals surface area contributed by atoms with E-state index in [1.165, 1.54) is 12.1 Å². The molecule has 0 aliphatic rings. The third kappa shape index (κ3) is 5.35. The molecule has 0 spiro atoms. The highest BCUT2D eigenvalue weighted by Gasteiger charge is 2.20. The first-order chi connectivity index (χ1) is 13.8. The fourth-order valence-electron chi connectivity index (χ4n) is 2.41. The summed E-state index contributed by atoms with van der Waals surface area (Å²) in [4.78, 5) is 24.2. The number of anilines is 1. The summed E-state index contributed by atoms with van der Waals surface area (Å²) < 4.78 is 43.3. The fraction of sp³-hybridized carbons (Fsp3) is 0.300. The second kappa shape index (κ2) is 10.1. The van der Waals surface area contributed by atoms with E-state index in [9.17, 15) is 18.4 Å². The molecule has 0 atom stereocenters. The lowest BCUT2D eigenvalue weighted by molar-refractivity contribution is 0.0595. The maximum atomic E-state index is 14.1. The molecule has 0 fully saturated rings. The second-order valence-electron chi connectivity index (χ2n) is 5.82. The van der Waals surface area contributed by atoms with Crippen LogP contribution in [0.4, 0.5) is 14.5 Å². The zero-order valence-corrected chi connectivity index (χ0v) is 16.9. The predicted octanol–water partition coefficient (Wildman–Crippen LogP) is 4.84. The van der Waals surface area contributed by atoms with E-state index < -0.39 is 34.8 Å². The van der Waals surface area contributed by atoms with Crippen molar-refractivity contribution >= 4 is 29.2 Å². The van der Waals surface area contributed by atoms with E-state index >= 15 is 0 Å². The van der Waals surface area contributed by atoms with Crippen molar-refractivity contribution < 1.29 is 32.6 Å². The van der Waals surface area contributed by atoms with Gasteiger partial charge >= 0.3 is 5.97 Å². The third-order valence-electron chi connectivity index (χ3n) is 3.73. The minimum absolute atomic E-state index is 0.0608. The number of methoxy groups -OCH3 is 1. The number of ether oxygens (including phenoxy) is 3. The predicted molar refractivity (Wildman–Crippen MR) is 104 cm³/mol. The monoisotopic (exact) mass is 427 g/mol. The molecular formula is C20H20ClF2NO5. The van der Waals surface area contributed by atoms with E-state index in [0.29, 0.717) is 25.0 Å². The lowest BCUT2D eigenvalue weighted by Crippen LogP contribution is -2.15. The van der Waals surface area contributed by atoms with Crippen LogP contribution in [0.1, 0.15) is 41.0 Å². The van der Waals surface area contributed by atoms with E-state index in [1.54, 1.807) is 6.92 Å². The Kier molecular flexibility index (Phi) is 7.78. The highest BCUT2D eigenvalue weighted by Crippen LogP contribution is 2.37. The molecule has 0 unspecified atom stereocenters. The van der Waals surface area contributed by atoms with Crippen LogP contribution >= 0.6 is 11.6 Å². The zero-order valence-electron chi connectivity index (χ0n) is 16.1. The summed E-state index contributed by atoms with van der Waals surface area (Å²) >= 11 is 6.22. The Morgan fingerprint density at radius 1 is 1.07 bits per heavy atom. The molecule has 6 nitrogen and oxygen atoms in total. The first kappa shape index (κ1) is 22.4. The van der Waals surface area contributed by atoms with Crippen LogP contribution in [0.15, 0.2) is 24.3 Å². The van der Waals surface area contributed by atoms with Gasteiger partial charge in [-0.2, -0.15) is 0 Å². The Balaban J connectivity index is 2.37. The van der Waals surface area contributed by atoms with E-state index in [0.717, 1.165) is 19.6 Å². The van der Waals surface area contributed by atoms with Gasteiger partial charge in [-0.25, -0.2) is 13.6 Å². The molecule has 0 heterocycles. The summed E-state index contributed by atoms with van der Waals surface area (Å²) in [6.45, 7) is 4.39. The highest BCUT2D eigenvalue weighted by atomic mass is 35.5. The molecule has 0 aromatic heterocycles. The minimum Gasteiger partial charge on any atom is -0.490 e. The number of hydrogen-bond donors (Lipinski definition) is 1.